The Bertz CT molecular complexity index is 434. The van der Waals surface area contributed by atoms with Gasteiger partial charge in [-0.25, -0.2) is 0 Å². The molecule has 3 nitrogen and oxygen atoms in total. The van der Waals surface area contributed by atoms with Crippen LogP contribution < -0.4 is 5.32 Å². The maximum Gasteiger partial charge on any atom is 0.166 e. The topological polar surface area (TPSA) is 49.3 Å². The molecule has 0 unspecified atom stereocenters. The lowest BCUT2D eigenvalue weighted by molar-refractivity contribution is -0.113. The number of anilines is 1. The molecule has 0 atom stereocenters. The summed E-state index contributed by atoms with van der Waals surface area (Å²) in [6.07, 6.45) is 0. The molecule has 1 aromatic carbocycles. The Kier molecular flexibility index (Phi) is 4.19. The maximum atomic E-state index is 11.3. The summed E-state index contributed by atoms with van der Waals surface area (Å²) in [5.41, 5.74) is 0.936. The van der Waals surface area contributed by atoms with Crippen molar-refractivity contribution in [2.45, 2.75) is 13.8 Å². The molecule has 2 N–H and O–H groups in total. The minimum atomic E-state index is -0.256. The fourth-order valence-electron chi connectivity index (χ4n) is 1.29. The highest BCUT2D eigenvalue weighted by molar-refractivity contribution is 7.81. The summed E-state index contributed by atoms with van der Waals surface area (Å²) in [7, 11) is 0. The third-order valence-electron chi connectivity index (χ3n) is 1.97. The fraction of sp³-hybridized carbons (Fsp3) is 0.167. The van der Waals surface area contributed by atoms with Gasteiger partial charge in [-0.1, -0.05) is 30.4 Å². The molecule has 0 amide bonds. The molecule has 0 saturated carbocycles. The van der Waals surface area contributed by atoms with E-state index in [1.807, 2.05) is 30.3 Å². The van der Waals surface area contributed by atoms with E-state index in [4.69, 9.17) is 12.2 Å². The van der Waals surface area contributed by atoms with Gasteiger partial charge in [0.1, 0.15) is 10.7 Å². The van der Waals surface area contributed by atoms with Gasteiger partial charge in [0.25, 0.3) is 0 Å². The van der Waals surface area contributed by atoms with Gasteiger partial charge >= 0.3 is 0 Å². The normalized spacial score (nSPS) is 11.6. The average molecular weight is 235 g/mol. The summed E-state index contributed by atoms with van der Waals surface area (Å²) in [6.45, 7) is 2.81. The number of aliphatic hydroxyl groups is 1. The monoisotopic (exact) mass is 235 g/mol. The van der Waals surface area contributed by atoms with Gasteiger partial charge in [0.15, 0.2) is 5.78 Å². The van der Waals surface area contributed by atoms with Crippen molar-refractivity contribution in [3.8, 4) is 0 Å². The van der Waals surface area contributed by atoms with Crippen LogP contribution >= 0.6 is 12.2 Å². The number of hydrogen-bond donors (Lipinski definition) is 2. The molecular weight excluding hydrogens is 222 g/mol. The molecule has 0 bridgehead atoms. The van der Waals surface area contributed by atoms with Crippen molar-refractivity contribution >= 4 is 28.7 Å². The first-order valence-electron chi connectivity index (χ1n) is 4.79. The Morgan fingerprint density at radius 3 is 2.25 bits per heavy atom. The van der Waals surface area contributed by atoms with Crippen LogP contribution in [0, 0.1) is 0 Å². The van der Waals surface area contributed by atoms with Crippen molar-refractivity contribution in [3.63, 3.8) is 0 Å². The SMILES string of the molecule is CC(=O)C(C(=S)Nc1ccccc1)=C(C)O. The van der Waals surface area contributed by atoms with Gasteiger partial charge in [-0.3, -0.25) is 4.79 Å². The predicted octanol–water partition coefficient (Wildman–Crippen LogP) is 2.85. The number of ketones is 1. The first-order chi connectivity index (χ1) is 7.52. The van der Waals surface area contributed by atoms with Gasteiger partial charge < -0.3 is 10.4 Å². The second-order valence-electron chi connectivity index (χ2n) is 3.34. The van der Waals surface area contributed by atoms with Crippen LogP contribution in [0.3, 0.4) is 0 Å². The Hall–Kier alpha value is -1.68. The lowest BCUT2D eigenvalue weighted by Crippen LogP contribution is -2.18. The molecule has 16 heavy (non-hydrogen) atoms. The van der Waals surface area contributed by atoms with Crippen molar-refractivity contribution in [3.05, 3.63) is 41.7 Å². The van der Waals surface area contributed by atoms with Crippen LogP contribution in [0.25, 0.3) is 0 Å². The number of benzene rings is 1. The van der Waals surface area contributed by atoms with E-state index in [1.54, 1.807) is 0 Å². The van der Waals surface area contributed by atoms with E-state index in [9.17, 15) is 9.90 Å². The van der Waals surface area contributed by atoms with Gasteiger partial charge in [-0.15, -0.1) is 0 Å². The average Bonchev–Trinajstić information content (AvgIpc) is 2.17. The van der Waals surface area contributed by atoms with E-state index in [-0.39, 0.29) is 22.1 Å². The number of rotatable bonds is 3. The number of aliphatic hydroxyl groups excluding tert-OH is 1. The lowest BCUT2D eigenvalue weighted by atomic mass is 10.1. The second-order valence-corrected chi connectivity index (χ2v) is 3.74. The van der Waals surface area contributed by atoms with Crippen molar-refractivity contribution < 1.29 is 9.90 Å². The number of Topliss-reactive ketones (excluding diaryl/α,β-unsaturated/α-hetero) is 1. The van der Waals surface area contributed by atoms with Crippen LogP contribution in [-0.4, -0.2) is 15.9 Å². The number of nitrogens with one attached hydrogen (secondary N) is 1. The second kappa shape index (κ2) is 5.42. The van der Waals surface area contributed by atoms with Crippen molar-refractivity contribution in [1.82, 2.24) is 0 Å². The smallest absolute Gasteiger partial charge is 0.166 e. The van der Waals surface area contributed by atoms with E-state index in [2.05, 4.69) is 5.32 Å². The molecule has 1 aromatic rings. The first-order valence-corrected chi connectivity index (χ1v) is 5.20. The van der Waals surface area contributed by atoms with Gasteiger partial charge in [0, 0.05) is 5.69 Å². The van der Waals surface area contributed by atoms with E-state index in [0.717, 1.165) is 5.69 Å². The van der Waals surface area contributed by atoms with Gasteiger partial charge in [0.2, 0.25) is 0 Å². The Balaban J connectivity index is 2.88. The molecule has 4 heteroatoms. The summed E-state index contributed by atoms with van der Waals surface area (Å²) in [5, 5.41) is 12.3. The molecule has 0 radical (unpaired) electrons. The summed E-state index contributed by atoms with van der Waals surface area (Å²) in [6, 6.07) is 9.25. The third kappa shape index (κ3) is 3.17. The quantitative estimate of drug-likeness (QED) is 0.480. The number of carbonyl (C=O) groups excluding carboxylic acids is 1. The molecular formula is C12H13NO2S. The van der Waals surface area contributed by atoms with Crippen LogP contribution in [0.2, 0.25) is 0 Å². The minimum Gasteiger partial charge on any atom is -0.512 e. The van der Waals surface area contributed by atoms with Gasteiger partial charge in [0.05, 0.1) is 5.57 Å². The Morgan fingerprint density at radius 1 is 1.25 bits per heavy atom. The van der Waals surface area contributed by atoms with Crippen LogP contribution in [0.4, 0.5) is 5.69 Å². The van der Waals surface area contributed by atoms with Crippen LogP contribution in [0.15, 0.2) is 41.7 Å². The number of thiocarbonyl (C=S) groups is 1. The molecule has 0 aliphatic carbocycles. The lowest BCUT2D eigenvalue weighted by Gasteiger charge is -2.09. The highest BCUT2D eigenvalue weighted by atomic mass is 32.1. The van der Waals surface area contributed by atoms with E-state index in [0.29, 0.717) is 0 Å². The molecule has 0 aliphatic rings. The number of para-hydroxylation sites is 1. The number of hydrogen-bond acceptors (Lipinski definition) is 3. The standard InChI is InChI=1S/C12H13NO2S/c1-8(14)11(9(2)15)12(16)13-10-6-4-3-5-7-10/h3-7,14H,1-2H3,(H,13,16). The summed E-state index contributed by atoms with van der Waals surface area (Å²) >= 11 is 5.06. The molecule has 1 rings (SSSR count). The van der Waals surface area contributed by atoms with E-state index in [1.165, 1.54) is 13.8 Å². The zero-order valence-electron chi connectivity index (χ0n) is 9.15. The zero-order chi connectivity index (χ0) is 12.1. The largest absolute Gasteiger partial charge is 0.512 e. The van der Waals surface area contributed by atoms with Gasteiger partial charge in [-0.05, 0) is 26.0 Å². The predicted molar refractivity (Wildman–Crippen MR) is 68.7 cm³/mol. The zero-order valence-corrected chi connectivity index (χ0v) is 9.97. The van der Waals surface area contributed by atoms with Crippen LogP contribution in [-0.2, 0) is 4.79 Å². The van der Waals surface area contributed by atoms with Crippen molar-refractivity contribution in [1.29, 1.82) is 0 Å². The van der Waals surface area contributed by atoms with E-state index >= 15 is 0 Å². The summed E-state index contributed by atoms with van der Waals surface area (Å²) < 4.78 is 0. The molecule has 0 heterocycles. The minimum absolute atomic E-state index is 0.0686. The maximum absolute atomic E-state index is 11.3. The molecule has 0 aliphatic heterocycles. The van der Waals surface area contributed by atoms with Crippen molar-refractivity contribution in [2.75, 3.05) is 5.32 Å². The fourth-order valence-corrected chi connectivity index (χ4v) is 1.70. The van der Waals surface area contributed by atoms with Gasteiger partial charge in [-0.2, -0.15) is 0 Å². The highest BCUT2D eigenvalue weighted by Crippen LogP contribution is 2.11. The number of allylic oxidation sites excluding steroid dienone is 1. The Labute approximate surface area is 99.8 Å². The molecule has 0 spiro atoms. The Morgan fingerprint density at radius 2 is 1.81 bits per heavy atom. The number of carbonyl (C=O) groups is 1. The highest BCUT2D eigenvalue weighted by Gasteiger charge is 2.13. The summed E-state index contributed by atoms with van der Waals surface area (Å²) in [4.78, 5) is 11.5. The van der Waals surface area contributed by atoms with E-state index < -0.39 is 0 Å². The first kappa shape index (κ1) is 12.4. The van der Waals surface area contributed by atoms with Crippen LogP contribution in [0.5, 0.6) is 0 Å². The van der Waals surface area contributed by atoms with Crippen molar-refractivity contribution in [2.24, 2.45) is 0 Å². The van der Waals surface area contributed by atoms with Crippen LogP contribution in [0.1, 0.15) is 13.8 Å². The molecule has 0 saturated heterocycles. The summed E-state index contributed by atoms with van der Waals surface area (Å²) in [5.74, 6) is -0.325. The molecule has 84 valence electrons. The third-order valence-corrected chi connectivity index (χ3v) is 2.28. The molecule has 0 fully saturated rings. The molecule has 0 aromatic heterocycles.